The maximum absolute atomic E-state index is 12.4. The molecule has 1 nitrogen and oxygen atoms in total. The van der Waals surface area contributed by atoms with Gasteiger partial charge in [-0.05, 0) is 18.6 Å². The topological polar surface area (TPSA) is 12.9 Å². The van der Waals surface area contributed by atoms with Crippen LogP contribution in [0.15, 0.2) is 6.07 Å². The van der Waals surface area contributed by atoms with Crippen LogP contribution in [-0.2, 0) is 5.33 Å². The number of hydrogen-bond acceptors (Lipinski definition) is 1. The molecule has 1 rings (SSSR count). The van der Waals surface area contributed by atoms with E-state index in [0.29, 0.717) is 16.6 Å². The summed E-state index contributed by atoms with van der Waals surface area (Å²) in [5, 5.41) is 0.504. The van der Waals surface area contributed by atoms with Crippen molar-refractivity contribution in [2.45, 2.75) is 18.7 Å². The predicted octanol–water partition coefficient (Wildman–Crippen LogP) is 3.88. The summed E-state index contributed by atoms with van der Waals surface area (Å²) in [6.45, 7) is 1.68. The van der Waals surface area contributed by atoms with Crippen molar-refractivity contribution in [3.05, 3.63) is 28.0 Å². The van der Waals surface area contributed by atoms with Crippen LogP contribution in [0.3, 0.4) is 0 Å². The first-order valence-corrected chi connectivity index (χ1v) is 5.06. The zero-order valence-electron chi connectivity index (χ0n) is 6.82. The molecule has 13 heavy (non-hydrogen) atoms. The van der Waals surface area contributed by atoms with Crippen LogP contribution in [0.2, 0.25) is 5.02 Å². The van der Waals surface area contributed by atoms with Gasteiger partial charge in [0.2, 0.25) is 0 Å². The molecule has 0 N–H and O–H groups in total. The molecule has 0 atom stereocenters. The van der Waals surface area contributed by atoms with E-state index in [-0.39, 0.29) is 10.7 Å². The van der Waals surface area contributed by atoms with Crippen molar-refractivity contribution >= 4 is 27.5 Å². The van der Waals surface area contributed by atoms with Gasteiger partial charge in [-0.3, -0.25) is 0 Å². The SMILES string of the molecule is Cc1cc(CBr)nc(C(F)F)c1Cl. The third-order valence-electron chi connectivity index (χ3n) is 1.56. The summed E-state index contributed by atoms with van der Waals surface area (Å²) in [6, 6.07) is 1.68. The van der Waals surface area contributed by atoms with Crippen LogP contribution < -0.4 is 0 Å². The third kappa shape index (κ3) is 2.38. The zero-order valence-corrected chi connectivity index (χ0v) is 9.16. The molecule has 0 aliphatic carbocycles. The van der Waals surface area contributed by atoms with Gasteiger partial charge in [0.25, 0.3) is 6.43 Å². The Labute approximate surface area is 88.2 Å². The second-order valence-electron chi connectivity index (χ2n) is 2.56. The van der Waals surface area contributed by atoms with E-state index in [2.05, 4.69) is 20.9 Å². The fourth-order valence-electron chi connectivity index (χ4n) is 0.964. The van der Waals surface area contributed by atoms with Crippen molar-refractivity contribution in [3.63, 3.8) is 0 Å². The lowest BCUT2D eigenvalue weighted by Gasteiger charge is -2.06. The zero-order chi connectivity index (χ0) is 10.0. The van der Waals surface area contributed by atoms with Gasteiger partial charge in [-0.25, -0.2) is 13.8 Å². The molecule has 0 radical (unpaired) electrons. The van der Waals surface area contributed by atoms with Crippen molar-refractivity contribution in [2.24, 2.45) is 0 Å². The molecule has 0 amide bonds. The summed E-state index contributed by atoms with van der Waals surface area (Å²) in [5.74, 6) is 0. The Morgan fingerprint density at radius 1 is 1.62 bits per heavy atom. The van der Waals surface area contributed by atoms with Gasteiger partial charge in [0, 0.05) is 5.33 Å². The Kier molecular flexibility index (Phi) is 3.62. The summed E-state index contributed by atoms with van der Waals surface area (Å²) in [6.07, 6.45) is -2.62. The minimum absolute atomic E-state index is 0.0553. The molecular formula is C8H7BrClF2N. The van der Waals surface area contributed by atoms with Gasteiger partial charge in [0.05, 0.1) is 10.7 Å². The highest BCUT2D eigenvalue weighted by Gasteiger charge is 2.16. The Hall–Kier alpha value is -0.220. The van der Waals surface area contributed by atoms with Crippen LogP contribution in [0.5, 0.6) is 0 Å². The Bertz CT molecular complexity index is 317. The fourth-order valence-corrected chi connectivity index (χ4v) is 1.43. The minimum Gasteiger partial charge on any atom is -0.249 e. The number of halogens is 4. The van der Waals surface area contributed by atoms with Crippen LogP contribution in [0.1, 0.15) is 23.4 Å². The van der Waals surface area contributed by atoms with E-state index >= 15 is 0 Å². The highest BCUT2D eigenvalue weighted by Crippen LogP contribution is 2.28. The molecule has 1 aromatic heterocycles. The summed E-state index contributed by atoms with van der Waals surface area (Å²) < 4.78 is 24.7. The lowest BCUT2D eigenvalue weighted by Crippen LogP contribution is -1.97. The van der Waals surface area contributed by atoms with Crippen LogP contribution in [0.25, 0.3) is 0 Å². The lowest BCUT2D eigenvalue weighted by atomic mass is 10.2. The largest absolute Gasteiger partial charge is 0.281 e. The number of aromatic nitrogens is 1. The average Bonchev–Trinajstić information content (AvgIpc) is 2.09. The summed E-state index contributed by atoms with van der Waals surface area (Å²) in [7, 11) is 0. The minimum atomic E-state index is -2.62. The Morgan fingerprint density at radius 3 is 2.69 bits per heavy atom. The molecule has 0 spiro atoms. The van der Waals surface area contributed by atoms with E-state index < -0.39 is 6.43 Å². The highest BCUT2D eigenvalue weighted by molar-refractivity contribution is 9.08. The van der Waals surface area contributed by atoms with Crippen LogP contribution in [0, 0.1) is 6.92 Å². The van der Waals surface area contributed by atoms with E-state index in [1.165, 1.54) is 0 Å². The van der Waals surface area contributed by atoms with Crippen LogP contribution >= 0.6 is 27.5 Å². The number of alkyl halides is 3. The molecule has 5 heteroatoms. The number of pyridine rings is 1. The van der Waals surface area contributed by atoms with E-state index in [1.54, 1.807) is 13.0 Å². The summed E-state index contributed by atoms with van der Waals surface area (Å²) in [5.41, 5.74) is 0.856. The number of aryl methyl sites for hydroxylation is 1. The highest BCUT2D eigenvalue weighted by atomic mass is 79.9. The number of rotatable bonds is 2. The quantitative estimate of drug-likeness (QED) is 0.743. The van der Waals surface area contributed by atoms with Crippen molar-refractivity contribution in [1.29, 1.82) is 0 Å². The molecule has 0 aliphatic rings. The monoisotopic (exact) mass is 269 g/mol. The van der Waals surface area contributed by atoms with E-state index in [1.807, 2.05) is 0 Å². The molecule has 0 fully saturated rings. The maximum atomic E-state index is 12.4. The second-order valence-corrected chi connectivity index (χ2v) is 3.50. The molecule has 0 saturated carbocycles. The van der Waals surface area contributed by atoms with Gasteiger partial charge in [-0.15, -0.1) is 0 Å². The van der Waals surface area contributed by atoms with E-state index in [9.17, 15) is 8.78 Å². The molecular weight excluding hydrogens is 263 g/mol. The standard InChI is InChI=1S/C8H7BrClF2N/c1-4-2-5(3-9)13-7(6(4)10)8(11)12/h2,8H,3H2,1H3. The van der Waals surface area contributed by atoms with Crippen LogP contribution in [0.4, 0.5) is 8.78 Å². The fraction of sp³-hybridized carbons (Fsp3) is 0.375. The van der Waals surface area contributed by atoms with E-state index in [0.717, 1.165) is 0 Å². The van der Waals surface area contributed by atoms with E-state index in [4.69, 9.17) is 11.6 Å². The first-order chi connectivity index (χ1) is 6.06. The smallest absolute Gasteiger partial charge is 0.249 e. The first kappa shape index (κ1) is 10.9. The summed E-state index contributed by atoms with van der Waals surface area (Å²) in [4.78, 5) is 3.72. The lowest BCUT2D eigenvalue weighted by molar-refractivity contribution is 0.146. The van der Waals surface area contributed by atoms with Gasteiger partial charge in [0.1, 0.15) is 5.69 Å². The summed E-state index contributed by atoms with van der Waals surface area (Å²) >= 11 is 8.81. The van der Waals surface area contributed by atoms with Crippen molar-refractivity contribution in [3.8, 4) is 0 Å². The Balaban J connectivity index is 3.25. The van der Waals surface area contributed by atoms with Crippen molar-refractivity contribution in [2.75, 3.05) is 0 Å². The Morgan fingerprint density at radius 2 is 2.23 bits per heavy atom. The molecule has 0 saturated heterocycles. The van der Waals surface area contributed by atoms with Gasteiger partial charge in [0.15, 0.2) is 0 Å². The molecule has 0 aliphatic heterocycles. The van der Waals surface area contributed by atoms with Crippen molar-refractivity contribution < 1.29 is 8.78 Å². The predicted molar refractivity (Wildman–Crippen MR) is 51.6 cm³/mol. The first-order valence-electron chi connectivity index (χ1n) is 3.56. The second kappa shape index (κ2) is 4.33. The van der Waals surface area contributed by atoms with Gasteiger partial charge >= 0.3 is 0 Å². The normalized spacial score (nSPS) is 10.9. The number of nitrogens with zero attached hydrogens (tertiary/aromatic N) is 1. The molecule has 72 valence electrons. The third-order valence-corrected chi connectivity index (χ3v) is 2.63. The van der Waals surface area contributed by atoms with Crippen LogP contribution in [-0.4, -0.2) is 4.98 Å². The molecule has 1 aromatic rings. The van der Waals surface area contributed by atoms with Gasteiger partial charge in [-0.2, -0.15) is 0 Å². The average molecular weight is 271 g/mol. The van der Waals surface area contributed by atoms with Gasteiger partial charge in [-0.1, -0.05) is 27.5 Å². The molecule has 1 heterocycles. The van der Waals surface area contributed by atoms with Gasteiger partial charge < -0.3 is 0 Å². The molecule has 0 bridgehead atoms. The maximum Gasteiger partial charge on any atom is 0.281 e. The number of hydrogen-bond donors (Lipinski definition) is 0. The van der Waals surface area contributed by atoms with Crippen molar-refractivity contribution in [1.82, 2.24) is 4.98 Å². The molecule has 0 unspecified atom stereocenters. The molecule has 0 aromatic carbocycles.